The Bertz CT molecular complexity index is 519. The van der Waals surface area contributed by atoms with E-state index in [0.29, 0.717) is 0 Å². The SMILES string of the molecule is C#CCC(N)C(=O)Nc1ccc(O)cc1C(=O)O. The fourth-order valence-corrected chi connectivity index (χ4v) is 1.26. The Kier molecular flexibility index (Phi) is 4.29. The molecule has 0 saturated carbocycles. The number of carbonyl (C=O) groups excluding carboxylic acids is 1. The Labute approximate surface area is 103 Å². The molecule has 0 fully saturated rings. The van der Waals surface area contributed by atoms with E-state index >= 15 is 0 Å². The topological polar surface area (TPSA) is 113 Å². The van der Waals surface area contributed by atoms with E-state index in [0.717, 1.165) is 6.07 Å². The van der Waals surface area contributed by atoms with E-state index in [-0.39, 0.29) is 23.4 Å². The number of benzene rings is 1. The third-order valence-corrected chi connectivity index (χ3v) is 2.17. The van der Waals surface area contributed by atoms with E-state index in [9.17, 15) is 14.7 Å². The van der Waals surface area contributed by atoms with Gasteiger partial charge in [-0.2, -0.15) is 0 Å². The van der Waals surface area contributed by atoms with Crippen LogP contribution in [0.25, 0.3) is 0 Å². The number of carboxylic acid groups (broad SMARTS) is 1. The van der Waals surface area contributed by atoms with Crippen LogP contribution in [0.5, 0.6) is 5.75 Å². The van der Waals surface area contributed by atoms with Gasteiger partial charge in [0.15, 0.2) is 0 Å². The number of hydrogen-bond donors (Lipinski definition) is 4. The lowest BCUT2D eigenvalue weighted by atomic mass is 10.1. The fourth-order valence-electron chi connectivity index (χ4n) is 1.26. The molecule has 94 valence electrons. The first-order chi connectivity index (χ1) is 8.45. The number of phenols is 1. The van der Waals surface area contributed by atoms with Crippen molar-refractivity contribution in [2.75, 3.05) is 5.32 Å². The maximum absolute atomic E-state index is 11.6. The van der Waals surface area contributed by atoms with Crippen LogP contribution >= 0.6 is 0 Å². The van der Waals surface area contributed by atoms with Gasteiger partial charge in [0.25, 0.3) is 0 Å². The number of amides is 1. The molecule has 1 rings (SSSR count). The lowest BCUT2D eigenvalue weighted by Crippen LogP contribution is -2.35. The van der Waals surface area contributed by atoms with Gasteiger partial charge in [-0.25, -0.2) is 4.79 Å². The molecule has 0 heterocycles. The summed E-state index contributed by atoms with van der Waals surface area (Å²) in [6.45, 7) is 0. The minimum atomic E-state index is -1.27. The Morgan fingerprint density at radius 3 is 2.72 bits per heavy atom. The number of aromatic carboxylic acids is 1. The quantitative estimate of drug-likeness (QED) is 0.454. The van der Waals surface area contributed by atoms with Crippen LogP contribution in [0.3, 0.4) is 0 Å². The second-order valence-electron chi connectivity index (χ2n) is 3.54. The van der Waals surface area contributed by atoms with Gasteiger partial charge in [-0.1, -0.05) is 0 Å². The lowest BCUT2D eigenvalue weighted by molar-refractivity contribution is -0.117. The predicted molar refractivity (Wildman–Crippen MR) is 65.1 cm³/mol. The Morgan fingerprint density at radius 1 is 1.50 bits per heavy atom. The minimum Gasteiger partial charge on any atom is -0.508 e. The van der Waals surface area contributed by atoms with Gasteiger partial charge in [0, 0.05) is 6.42 Å². The number of terminal acetylenes is 1. The third-order valence-electron chi connectivity index (χ3n) is 2.17. The van der Waals surface area contributed by atoms with E-state index in [1.807, 2.05) is 0 Å². The molecule has 0 bridgehead atoms. The molecule has 0 aromatic heterocycles. The molecule has 6 heteroatoms. The molecule has 1 amide bonds. The molecular weight excluding hydrogens is 236 g/mol. The summed E-state index contributed by atoms with van der Waals surface area (Å²) in [5, 5.41) is 20.5. The molecule has 18 heavy (non-hydrogen) atoms. The highest BCUT2D eigenvalue weighted by molar-refractivity contribution is 6.02. The van der Waals surface area contributed by atoms with Crippen LogP contribution in [0.15, 0.2) is 18.2 Å². The minimum absolute atomic E-state index is 0.0479. The van der Waals surface area contributed by atoms with Crippen LogP contribution in [0.2, 0.25) is 0 Å². The molecule has 6 nitrogen and oxygen atoms in total. The van der Waals surface area contributed by atoms with Crippen LogP contribution in [-0.4, -0.2) is 28.1 Å². The predicted octanol–water partition coefficient (Wildman–Crippen LogP) is 0.379. The molecule has 5 N–H and O–H groups in total. The van der Waals surface area contributed by atoms with Crippen LogP contribution < -0.4 is 11.1 Å². The second-order valence-corrected chi connectivity index (χ2v) is 3.54. The highest BCUT2D eigenvalue weighted by Gasteiger charge is 2.17. The zero-order valence-corrected chi connectivity index (χ0v) is 9.38. The molecule has 0 aliphatic heterocycles. The number of hydrogen-bond acceptors (Lipinski definition) is 4. The molecule has 0 aliphatic carbocycles. The molecule has 1 aromatic rings. The standard InChI is InChI=1S/C12H12N2O4/c1-2-3-9(13)11(16)14-10-5-4-7(15)6-8(10)12(17)18/h1,4-6,9,15H,3,13H2,(H,14,16)(H,17,18). The van der Waals surface area contributed by atoms with Crippen LogP contribution in [0, 0.1) is 12.3 Å². The fraction of sp³-hybridized carbons (Fsp3) is 0.167. The summed E-state index contributed by atoms with van der Waals surface area (Å²) in [5.74, 6) is 0.175. The van der Waals surface area contributed by atoms with Gasteiger partial charge in [0.1, 0.15) is 5.75 Å². The number of aromatic hydroxyl groups is 1. The maximum Gasteiger partial charge on any atom is 0.337 e. The Hall–Kier alpha value is -2.52. The van der Waals surface area contributed by atoms with E-state index in [4.69, 9.17) is 17.3 Å². The second kappa shape index (κ2) is 5.70. The van der Waals surface area contributed by atoms with E-state index in [1.165, 1.54) is 12.1 Å². The average Bonchev–Trinajstić information content (AvgIpc) is 2.31. The molecule has 1 atom stereocenters. The molecule has 0 aliphatic rings. The van der Waals surface area contributed by atoms with Gasteiger partial charge in [-0.3, -0.25) is 4.79 Å². The lowest BCUT2D eigenvalue weighted by Gasteiger charge is -2.11. The molecule has 1 unspecified atom stereocenters. The first-order valence-corrected chi connectivity index (χ1v) is 5.02. The summed E-state index contributed by atoms with van der Waals surface area (Å²) in [4.78, 5) is 22.5. The molecular formula is C12H12N2O4. The molecule has 0 saturated heterocycles. The number of rotatable bonds is 4. The number of carboxylic acids is 1. The third kappa shape index (κ3) is 3.23. The molecule has 1 aromatic carbocycles. The van der Waals surface area contributed by atoms with Crippen LogP contribution in [0.1, 0.15) is 16.8 Å². The van der Waals surface area contributed by atoms with Gasteiger partial charge in [0.05, 0.1) is 17.3 Å². The summed E-state index contributed by atoms with van der Waals surface area (Å²) in [7, 11) is 0. The number of nitrogens with two attached hydrogens (primary N) is 1. The van der Waals surface area contributed by atoms with Crippen molar-refractivity contribution in [1.29, 1.82) is 0 Å². The first-order valence-electron chi connectivity index (χ1n) is 5.02. The number of nitrogens with one attached hydrogen (secondary N) is 1. The van der Waals surface area contributed by atoms with Gasteiger partial charge in [-0.05, 0) is 18.2 Å². The van der Waals surface area contributed by atoms with Crippen molar-refractivity contribution in [2.24, 2.45) is 5.73 Å². The van der Waals surface area contributed by atoms with E-state index < -0.39 is 17.9 Å². The smallest absolute Gasteiger partial charge is 0.337 e. The van der Waals surface area contributed by atoms with Crippen LogP contribution in [-0.2, 0) is 4.79 Å². The number of anilines is 1. The highest BCUT2D eigenvalue weighted by atomic mass is 16.4. The highest BCUT2D eigenvalue weighted by Crippen LogP contribution is 2.21. The van der Waals surface area contributed by atoms with E-state index in [1.54, 1.807) is 0 Å². The maximum atomic E-state index is 11.6. The molecule has 0 radical (unpaired) electrons. The van der Waals surface area contributed by atoms with Gasteiger partial charge in [0.2, 0.25) is 5.91 Å². The van der Waals surface area contributed by atoms with Gasteiger partial charge < -0.3 is 21.3 Å². The van der Waals surface area contributed by atoms with Crippen molar-refractivity contribution in [3.63, 3.8) is 0 Å². The summed E-state index contributed by atoms with van der Waals surface area (Å²) >= 11 is 0. The van der Waals surface area contributed by atoms with Gasteiger partial charge >= 0.3 is 5.97 Å². The largest absolute Gasteiger partial charge is 0.508 e. The average molecular weight is 248 g/mol. The number of phenolic OH excluding ortho intramolecular Hbond substituents is 1. The van der Waals surface area contributed by atoms with Crippen molar-refractivity contribution in [3.05, 3.63) is 23.8 Å². The van der Waals surface area contributed by atoms with Crippen molar-refractivity contribution in [2.45, 2.75) is 12.5 Å². The zero-order chi connectivity index (χ0) is 13.7. The zero-order valence-electron chi connectivity index (χ0n) is 9.38. The van der Waals surface area contributed by atoms with Crippen molar-refractivity contribution in [3.8, 4) is 18.1 Å². The Morgan fingerprint density at radius 2 is 2.17 bits per heavy atom. The van der Waals surface area contributed by atoms with Crippen molar-refractivity contribution < 1.29 is 19.8 Å². The summed E-state index contributed by atoms with van der Waals surface area (Å²) < 4.78 is 0. The van der Waals surface area contributed by atoms with Crippen LogP contribution in [0.4, 0.5) is 5.69 Å². The summed E-state index contributed by atoms with van der Waals surface area (Å²) in [6.07, 6.45) is 5.07. The molecule has 0 spiro atoms. The summed E-state index contributed by atoms with van der Waals surface area (Å²) in [6, 6.07) is 2.66. The Balaban J connectivity index is 2.95. The number of carbonyl (C=O) groups is 2. The van der Waals surface area contributed by atoms with Gasteiger partial charge in [-0.15, -0.1) is 12.3 Å². The summed E-state index contributed by atoms with van der Waals surface area (Å²) in [5.41, 5.74) is 5.31. The van der Waals surface area contributed by atoms with E-state index in [2.05, 4.69) is 11.2 Å². The monoisotopic (exact) mass is 248 g/mol. The van der Waals surface area contributed by atoms with Crippen molar-refractivity contribution >= 4 is 17.6 Å². The normalized spacial score (nSPS) is 11.3. The van der Waals surface area contributed by atoms with Crippen molar-refractivity contribution in [1.82, 2.24) is 0 Å². The first kappa shape index (κ1) is 13.5.